The van der Waals surface area contributed by atoms with E-state index < -0.39 is 0 Å². The molecule has 0 atom stereocenters. The molecule has 0 bridgehead atoms. The maximum absolute atomic E-state index is 11.5. The maximum Gasteiger partial charge on any atom is 0.239 e. The molecule has 0 aliphatic rings. The molecule has 2 aromatic rings. The molecule has 0 heterocycles. The van der Waals surface area contributed by atoms with E-state index in [1.807, 2.05) is 48.5 Å². The van der Waals surface area contributed by atoms with E-state index in [2.05, 4.69) is 17.2 Å². The van der Waals surface area contributed by atoms with E-state index in [-0.39, 0.29) is 12.5 Å². The number of rotatable bonds is 8. The number of ether oxygens (including phenoxy) is 1. The molecular weight excluding hydrogens is 312 g/mol. The Morgan fingerprint density at radius 1 is 1.13 bits per heavy atom. The summed E-state index contributed by atoms with van der Waals surface area (Å²) in [6, 6.07) is 15.0. The Balaban J connectivity index is 1.78. The molecule has 0 aliphatic heterocycles. The smallest absolute Gasteiger partial charge is 0.239 e. The lowest BCUT2D eigenvalue weighted by atomic mass is 10.2. The van der Waals surface area contributed by atoms with Crippen LogP contribution in [0.1, 0.15) is 5.56 Å². The number of carbonyl (C=O) groups excluding carboxylic acids is 1. The van der Waals surface area contributed by atoms with Crippen LogP contribution in [-0.2, 0) is 11.4 Å². The van der Waals surface area contributed by atoms with Crippen LogP contribution in [-0.4, -0.2) is 19.0 Å². The quantitative estimate of drug-likeness (QED) is 0.727. The highest BCUT2D eigenvalue weighted by Gasteiger charge is 2.00. The van der Waals surface area contributed by atoms with Gasteiger partial charge in [0.1, 0.15) is 12.4 Å². The van der Waals surface area contributed by atoms with Crippen LogP contribution in [0.15, 0.2) is 61.2 Å². The predicted molar refractivity (Wildman–Crippen MR) is 93.9 cm³/mol. The molecule has 0 saturated heterocycles. The van der Waals surface area contributed by atoms with Gasteiger partial charge in [-0.2, -0.15) is 0 Å². The third-order valence-corrected chi connectivity index (χ3v) is 3.32. The van der Waals surface area contributed by atoms with Crippen LogP contribution in [0.4, 0.5) is 5.69 Å². The second-order valence-corrected chi connectivity index (χ2v) is 5.32. The molecular formula is C18H19ClN2O2. The standard InChI is InChI=1S/C18H19ClN2O2/c1-2-11-20-18(22)12-21-16-7-9-17(10-8-16)23-13-14-3-5-15(19)6-4-14/h2-10,21H,1,11-13H2,(H,20,22). The number of anilines is 1. The van der Waals surface area contributed by atoms with E-state index in [0.29, 0.717) is 18.2 Å². The number of benzene rings is 2. The molecule has 120 valence electrons. The van der Waals surface area contributed by atoms with Crippen LogP contribution in [0.2, 0.25) is 5.02 Å². The number of carbonyl (C=O) groups is 1. The fourth-order valence-electron chi connectivity index (χ4n) is 1.85. The fraction of sp³-hybridized carbons (Fsp3) is 0.167. The predicted octanol–water partition coefficient (Wildman–Crippen LogP) is 3.63. The van der Waals surface area contributed by atoms with Gasteiger partial charge < -0.3 is 15.4 Å². The maximum atomic E-state index is 11.5. The van der Waals surface area contributed by atoms with E-state index in [1.54, 1.807) is 6.08 Å². The van der Waals surface area contributed by atoms with Crippen LogP contribution in [0.25, 0.3) is 0 Å². The molecule has 4 nitrogen and oxygen atoms in total. The molecule has 1 amide bonds. The van der Waals surface area contributed by atoms with E-state index >= 15 is 0 Å². The van der Waals surface area contributed by atoms with Gasteiger partial charge in [-0.15, -0.1) is 6.58 Å². The minimum atomic E-state index is -0.0760. The second-order valence-electron chi connectivity index (χ2n) is 4.89. The van der Waals surface area contributed by atoms with E-state index in [1.165, 1.54) is 0 Å². The van der Waals surface area contributed by atoms with Crippen molar-refractivity contribution in [2.75, 3.05) is 18.4 Å². The lowest BCUT2D eigenvalue weighted by Gasteiger charge is -2.09. The van der Waals surface area contributed by atoms with Gasteiger partial charge in [0.2, 0.25) is 5.91 Å². The molecule has 0 aromatic heterocycles. The normalized spacial score (nSPS) is 9.96. The van der Waals surface area contributed by atoms with Gasteiger partial charge in [-0.25, -0.2) is 0 Å². The highest BCUT2D eigenvalue weighted by atomic mass is 35.5. The molecule has 0 saturated carbocycles. The summed E-state index contributed by atoms with van der Waals surface area (Å²) in [6.45, 7) is 4.72. The van der Waals surface area contributed by atoms with Gasteiger partial charge in [-0.05, 0) is 42.0 Å². The Morgan fingerprint density at radius 3 is 2.48 bits per heavy atom. The third kappa shape index (κ3) is 6.04. The van der Waals surface area contributed by atoms with Gasteiger partial charge in [0.25, 0.3) is 0 Å². The molecule has 2 rings (SSSR count). The first-order valence-electron chi connectivity index (χ1n) is 7.26. The highest BCUT2D eigenvalue weighted by Crippen LogP contribution is 2.17. The van der Waals surface area contributed by atoms with Gasteiger partial charge >= 0.3 is 0 Å². The van der Waals surface area contributed by atoms with Gasteiger partial charge in [0.15, 0.2) is 0 Å². The van der Waals surface area contributed by atoms with Crippen molar-refractivity contribution in [2.24, 2.45) is 0 Å². The summed E-state index contributed by atoms with van der Waals surface area (Å²) in [5.74, 6) is 0.689. The van der Waals surface area contributed by atoms with E-state index in [0.717, 1.165) is 17.0 Å². The minimum Gasteiger partial charge on any atom is -0.489 e. The summed E-state index contributed by atoms with van der Waals surface area (Å²) in [5.41, 5.74) is 1.91. The Hall–Kier alpha value is -2.46. The van der Waals surface area contributed by atoms with Gasteiger partial charge in [0.05, 0.1) is 6.54 Å². The lowest BCUT2D eigenvalue weighted by molar-refractivity contribution is -0.119. The number of amides is 1. The van der Waals surface area contributed by atoms with Crippen molar-refractivity contribution in [3.63, 3.8) is 0 Å². The van der Waals surface area contributed by atoms with Gasteiger partial charge in [-0.1, -0.05) is 29.8 Å². The molecule has 0 fully saturated rings. The first-order valence-corrected chi connectivity index (χ1v) is 7.64. The van der Waals surface area contributed by atoms with E-state index in [9.17, 15) is 4.79 Å². The highest BCUT2D eigenvalue weighted by molar-refractivity contribution is 6.30. The molecule has 0 unspecified atom stereocenters. The second kappa shape index (κ2) is 8.86. The van der Waals surface area contributed by atoms with Crippen LogP contribution >= 0.6 is 11.6 Å². The monoisotopic (exact) mass is 330 g/mol. The molecule has 0 aliphatic carbocycles. The number of hydrogen-bond donors (Lipinski definition) is 2. The first-order chi connectivity index (χ1) is 11.2. The summed E-state index contributed by atoms with van der Waals surface area (Å²) in [7, 11) is 0. The Labute approximate surface area is 141 Å². The van der Waals surface area contributed by atoms with Gasteiger partial charge in [-0.3, -0.25) is 4.79 Å². The fourth-order valence-corrected chi connectivity index (χ4v) is 1.97. The van der Waals surface area contributed by atoms with Crippen molar-refractivity contribution in [3.05, 3.63) is 71.8 Å². The summed E-state index contributed by atoms with van der Waals surface area (Å²) in [4.78, 5) is 11.5. The van der Waals surface area contributed by atoms with Crippen molar-refractivity contribution in [2.45, 2.75) is 6.61 Å². The lowest BCUT2D eigenvalue weighted by Crippen LogP contribution is -2.29. The Morgan fingerprint density at radius 2 is 1.83 bits per heavy atom. The van der Waals surface area contributed by atoms with Crippen LogP contribution < -0.4 is 15.4 Å². The molecule has 0 radical (unpaired) electrons. The zero-order chi connectivity index (χ0) is 16.5. The zero-order valence-electron chi connectivity index (χ0n) is 12.7. The zero-order valence-corrected chi connectivity index (χ0v) is 13.5. The Kier molecular flexibility index (Phi) is 6.51. The van der Waals surface area contributed by atoms with Gasteiger partial charge in [0, 0.05) is 17.3 Å². The van der Waals surface area contributed by atoms with Crippen molar-refractivity contribution < 1.29 is 9.53 Å². The topological polar surface area (TPSA) is 50.4 Å². The number of hydrogen-bond acceptors (Lipinski definition) is 3. The van der Waals surface area contributed by atoms with E-state index in [4.69, 9.17) is 16.3 Å². The van der Waals surface area contributed by atoms with Crippen molar-refractivity contribution in [3.8, 4) is 5.75 Å². The summed E-state index contributed by atoms with van der Waals surface area (Å²) in [5, 5.41) is 6.46. The van der Waals surface area contributed by atoms with Crippen LogP contribution in [0.5, 0.6) is 5.75 Å². The molecule has 5 heteroatoms. The Bertz CT molecular complexity index is 639. The molecule has 23 heavy (non-hydrogen) atoms. The molecule has 0 spiro atoms. The average Bonchev–Trinajstić information content (AvgIpc) is 2.58. The molecule has 2 aromatic carbocycles. The summed E-state index contributed by atoms with van der Waals surface area (Å²) >= 11 is 5.85. The molecule has 2 N–H and O–H groups in total. The SMILES string of the molecule is C=CCNC(=O)CNc1ccc(OCc2ccc(Cl)cc2)cc1. The number of halogens is 1. The largest absolute Gasteiger partial charge is 0.489 e. The first kappa shape index (κ1) is 16.9. The third-order valence-electron chi connectivity index (χ3n) is 3.07. The minimum absolute atomic E-state index is 0.0760. The van der Waals surface area contributed by atoms with Crippen LogP contribution in [0.3, 0.4) is 0 Å². The van der Waals surface area contributed by atoms with Crippen molar-refractivity contribution >= 4 is 23.2 Å². The van der Waals surface area contributed by atoms with Crippen LogP contribution in [0, 0.1) is 0 Å². The average molecular weight is 331 g/mol. The summed E-state index contributed by atoms with van der Waals surface area (Å²) in [6.07, 6.45) is 1.64. The summed E-state index contributed by atoms with van der Waals surface area (Å²) < 4.78 is 5.70. The van der Waals surface area contributed by atoms with Crippen molar-refractivity contribution in [1.29, 1.82) is 0 Å². The van der Waals surface area contributed by atoms with Crippen molar-refractivity contribution in [1.82, 2.24) is 5.32 Å². The number of nitrogens with one attached hydrogen (secondary N) is 2.